The number of benzene rings is 1. The summed E-state index contributed by atoms with van der Waals surface area (Å²) in [5.74, 6) is -1.11. The van der Waals surface area contributed by atoms with Gasteiger partial charge in [0.15, 0.2) is 12.4 Å². The number of hydrogen-bond acceptors (Lipinski definition) is 6. The number of ether oxygens (including phenoxy) is 1. The standard InChI is InChI=1S/C18H18BrNO5S2/c19-15-5-3-13(4-6-15)16(21)12-25-18(22)14-7-9-20(10-8-14)27(23,24)17-2-1-11-26-17/h1-6,11,14H,7-10,12H2. The number of halogens is 1. The van der Waals surface area contributed by atoms with E-state index in [1.165, 1.54) is 15.6 Å². The van der Waals surface area contributed by atoms with Crippen molar-refractivity contribution < 1.29 is 22.7 Å². The molecule has 0 unspecified atom stereocenters. The normalized spacial score (nSPS) is 16.2. The Morgan fingerprint density at radius 1 is 1.15 bits per heavy atom. The molecule has 2 heterocycles. The van der Waals surface area contributed by atoms with Crippen molar-refractivity contribution in [3.05, 3.63) is 51.8 Å². The third-order valence-electron chi connectivity index (χ3n) is 4.39. The van der Waals surface area contributed by atoms with Gasteiger partial charge in [-0.3, -0.25) is 9.59 Å². The van der Waals surface area contributed by atoms with Gasteiger partial charge in [0.2, 0.25) is 0 Å². The maximum Gasteiger partial charge on any atom is 0.309 e. The van der Waals surface area contributed by atoms with Crippen molar-refractivity contribution >= 4 is 49.0 Å². The van der Waals surface area contributed by atoms with E-state index >= 15 is 0 Å². The molecule has 0 atom stereocenters. The zero-order valence-corrected chi connectivity index (χ0v) is 17.6. The summed E-state index contributed by atoms with van der Waals surface area (Å²) in [4.78, 5) is 24.3. The molecule has 0 bridgehead atoms. The quantitative estimate of drug-likeness (QED) is 0.476. The smallest absolute Gasteiger partial charge is 0.309 e. The molecular formula is C18H18BrNO5S2. The van der Waals surface area contributed by atoms with Gasteiger partial charge in [-0.05, 0) is 36.4 Å². The van der Waals surface area contributed by atoms with Crippen molar-refractivity contribution in [1.82, 2.24) is 4.31 Å². The lowest BCUT2D eigenvalue weighted by Crippen LogP contribution is -2.40. The van der Waals surface area contributed by atoms with Crippen LogP contribution in [0, 0.1) is 5.92 Å². The molecular weight excluding hydrogens is 454 g/mol. The number of ketones is 1. The van der Waals surface area contributed by atoms with Gasteiger partial charge in [-0.25, -0.2) is 8.42 Å². The number of thiophene rings is 1. The molecule has 27 heavy (non-hydrogen) atoms. The van der Waals surface area contributed by atoms with Crippen LogP contribution in [-0.4, -0.2) is 44.2 Å². The van der Waals surface area contributed by atoms with E-state index in [4.69, 9.17) is 4.74 Å². The van der Waals surface area contributed by atoms with Gasteiger partial charge in [0.1, 0.15) is 4.21 Å². The van der Waals surface area contributed by atoms with Crippen molar-refractivity contribution in [2.45, 2.75) is 17.1 Å². The van der Waals surface area contributed by atoms with E-state index in [1.807, 2.05) is 0 Å². The first-order valence-corrected chi connectivity index (χ1v) is 11.5. The van der Waals surface area contributed by atoms with Crippen LogP contribution in [0.5, 0.6) is 0 Å². The molecule has 144 valence electrons. The maximum atomic E-state index is 12.5. The predicted octanol–water partition coefficient (Wildman–Crippen LogP) is 3.34. The number of nitrogens with zero attached hydrogens (tertiary/aromatic N) is 1. The van der Waals surface area contributed by atoms with Crippen LogP contribution < -0.4 is 0 Å². The molecule has 6 nitrogen and oxygen atoms in total. The molecule has 1 saturated heterocycles. The fourth-order valence-corrected chi connectivity index (χ4v) is 5.72. The van der Waals surface area contributed by atoms with E-state index in [-0.39, 0.29) is 25.5 Å². The molecule has 0 spiro atoms. The van der Waals surface area contributed by atoms with E-state index in [0.29, 0.717) is 22.6 Å². The van der Waals surface area contributed by atoms with Gasteiger partial charge >= 0.3 is 5.97 Å². The number of carbonyl (C=O) groups excluding carboxylic acids is 2. The molecule has 0 N–H and O–H groups in total. The lowest BCUT2D eigenvalue weighted by molar-refractivity contribution is -0.148. The van der Waals surface area contributed by atoms with E-state index < -0.39 is 21.9 Å². The van der Waals surface area contributed by atoms with Crippen LogP contribution in [0.1, 0.15) is 23.2 Å². The Labute approximate surface area is 170 Å². The first kappa shape index (κ1) is 20.2. The number of carbonyl (C=O) groups is 2. The molecule has 0 saturated carbocycles. The van der Waals surface area contributed by atoms with Crippen LogP contribution in [0.2, 0.25) is 0 Å². The van der Waals surface area contributed by atoms with Gasteiger partial charge in [0.05, 0.1) is 5.92 Å². The number of piperidine rings is 1. The zero-order chi connectivity index (χ0) is 19.4. The number of Topliss-reactive ketones (excluding diaryl/α,β-unsaturated/α-hetero) is 1. The number of esters is 1. The van der Waals surface area contributed by atoms with Gasteiger partial charge in [0.25, 0.3) is 10.0 Å². The Hall–Kier alpha value is -1.55. The molecule has 1 aromatic heterocycles. The van der Waals surface area contributed by atoms with Crippen molar-refractivity contribution in [3.8, 4) is 0 Å². The van der Waals surface area contributed by atoms with Crippen LogP contribution in [0.15, 0.2) is 50.5 Å². The highest BCUT2D eigenvalue weighted by Gasteiger charge is 2.33. The average Bonchev–Trinajstić information content (AvgIpc) is 3.22. The fourth-order valence-electron chi connectivity index (χ4n) is 2.84. The first-order valence-electron chi connectivity index (χ1n) is 8.37. The Kier molecular flexibility index (Phi) is 6.46. The second-order valence-corrected chi connectivity index (χ2v) is 10.2. The average molecular weight is 472 g/mol. The summed E-state index contributed by atoms with van der Waals surface area (Å²) >= 11 is 4.48. The van der Waals surface area contributed by atoms with E-state index in [2.05, 4.69) is 15.9 Å². The van der Waals surface area contributed by atoms with Crippen molar-refractivity contribution in [1.29, 1.82) is 0 Å². The highest BCUT2D eigenvalue weighted by atomic mass is 79.9. The monoisotopic (exact) mass is 471 g/mol. The largest absolute Gasteiger partial charge is 0.457 e. The van der Waals surface area contributed by atoms with E-state index in [0.717, 1.165) is 4.47 Å². The van der Waals surface area contributed by atoms with Crippen LogP contribution in [0.4, 0.5) is 0 Å². The van der Waals surface area contributed by atoms with E-state index in [1.54, 1.807) is 41.8 Å². The Morgan fingerprint density at radius 3 is 2.41 bits per heavy atom. The first-order chi connectivity index (χ1) is 12.9. The van der Waals surface area contributed by atoms with Gasteiger partial charge in [-0.15, -0.1) is 11.3 Å². The van der Waals surface area contributed by atoms with Crippen molar-refractivity contribution in [2.24, 2.45) is 5.92 Å². The van der Waals surface area contributed by atoms with Crippen molar-refractivity contribution in [2.75, 3.05) is 19.7 Å². The highest BCUT2D eigenvalue weighted by Crippen LogP contribution is 2.26. The second-order valence-electron chi connectivity index (χ2n) is 6.15. The molecule has 0 aliphatic carbocycles. The predicted molar refractivity (Wildman–Crippen MR) is 105 cm³/mol. The lowest BCUT2D eigenvalue weighted by atomic mass is 9.98. The van der Waals surface area contributed by atoms with Crippen LogP contribution >= 0.6 is 27.3 Å². The Bertz CT molecular complexity index is 902. The van der Waals surface area contributed by atoms with Crippen LogP contribution in [0.3, 0.4) is 0 Å². The topological polar surface area (TPSA) is 80.8 Å². The summed E-state index contributed by atoms with van der Waals surface area (Å²) in [5, 5.41) is 1.72. The molecule has 2 aromatic rings. The molecule has 0 amide bonds. The van der Waals surface area contributed by atoms with Gasteiger partial charge in [-0.1, -0.05) is 34.1 Å². The van der Waals surface area contributed by atoms with Gasteiger partial charge in [0, 0.05) is 23.1 Å². The summed E-state index contributed by atoms with van der Waals surface area (Å²) in [6.07, 6.45) is 0.770. The fraction of sp³-hybridized carbons (Fsp3) is 0.333. The number of sulfonamides is 1. The molecule has 3 rings (SSSR count). The highest BCUT2D eigenvalue weighted by molar-refractivity contribution is 9.10. The van der Waals surface area contributed by atoms with Crippen molar-refractivity contribution in [3.63, 3.8) is 0 Å². The maximum absolute atomic E-state index is 12.5. The molecule has 9 heteroatoms. The lowest BCUT2D eigenvalue weighted by Gasteiger charge is -2.29. The molecule has 1 aliphatic heterocycles. The molecule has 1 fully saturated rings. The summed E-state index contributed by atoms with van der Waals surface area (Å²) in [5.41, 5.74) is 0.475. The number of rotatable bonds is 6. The molecule has 1 aliphatic rings. The molecule has 0 radical (unpaired) electrons. The minimum atomic E-state index is -3.49. The summed E-state index contributed by atoms with van der Waals surface area (Å²) < 4.78 is 32.7. The van der Waals surface area contributed by atoms with Gasteiger partial charge in [-0.2, -0.15) is 4.31 Å². The SMILES string of the molecule is O=C(COC(=O)C1CCN(S(=O)(=O)c2cccs2)CC1)c1ccc(Br)cc1. The summed E-state index contributed by atoms with van der Waals surface area (Å²) in [7, 11) is -3.49. The minimum Gasteiger partial charge on any atom is -0.457 e. The summed E-state index contributed by atoms with van der Waals surface area (Å²) in [6, 6.07) is 10.1. The zero-order valence-electron chi connectivity index (χ0n) is 14.3. The third kappa shape index (κ3) is 4.84. The Balaban J connectivity index is 1.50. The summed E-state index contributed by atoms with van der Waals surface area (Å²) in [6.45, 7) is 0.218. The van der Waals surface area contributed by atoms with Crippen LogP contribution in [0.25, 0.3) is 0 Å². The Morgan fingerprint density at radius 2 is 1.81 bits per heavy atom. The van der Waals surface area contributed by atoms with Crippen LogP contribution in [-0.2, 0) is 19.6 Å². The third-order valence-corrected chi connectivity index (χ3v) is 8.19. The van der Waals surface area contributed by atoms with Gasteiger partial charge < -0.3 is 4.74 Å². The second kappa shape index (κ2) is 8.64. The van der Waals surface area contributed by atoms with E-state index in [9.17, 15) is 18.0 Å². The number of hydrogen-bond donors (Lipinski definition) is 0. The minimum absolute atomic E-state index is 0.265. The molecule has 1 aromatic carbocycles.